The van der Waals surface area contributed by atoms with E-state index in [1.54, 1.807) is 18.2 Å². The van der Waals surface area contributed by atoms with Crippen LogP contribution in [-0.2, 0) is 14.8 Å². The first-order valence-corrected chi connectivity index (χ1v) is 7.43. The Hall–Kier alpha value is -1.60. The second-order valence-electron chi connectivity index (χ2n) is 4.46. The molecule has 0 saturated heterocycles. The topological polar surface area (TPSA) is 109 Å². The third-order valence-corrected chi connectivity index (χ3v) is 3.65. The second kappa shape index (κ2) is 6.53. The molecule has 106 valence electrons. The van der Waals surface area contributed by atoms with Gasteiger partial charge in [-0.15, -0.1) is 0 Å². The van der Waals surface area contributed by atoms with E-state index in [9.17, 15) is 13.2 Å². The van der Waals surface area contributed by atoms with Crippen molar-refractivity contribution >= 4 is 21.7 Å². The molecule has 0 aliphatic rings. The van der Waals surface area contributed by atoms with Crippen LogP contribution in [0.4, 0.5) is 5.69 Å². The minimum Gasteiger partial charge on any atom is -0.481 e. The van der Waals surface area contributed by atoms with E-state index < -0.39 is 16.0 Å². The fourth-order valence-electron chi connectivity index (χ4n) is 1.62. The summed E-state index contributed by atoms with van der Waals surface area (Å²) in [7, 11) is -3.76. The minimum atomic E-state index is -3.76. The first-order valence-electron chi connectivity index (χ1n) is 5.88. The van der Waals surface area contributed by atoms with Crippen molar-refractivity contribution in [2.75, 3.05) is 11.9 Å². The average Bonchev–Trinajstić information content (AvgIpc) is 2.33. The number of rotatable bonds is 7. The van der Waals surface area contributed by atoms with Gasteiger partial charge in [-0.05, 0) is 24.5 Å². The molecule has 0 spiro atoms. The lowest BCUT2D eigenvalue weighted by Gasteiger charge is -2.14. The smallest absolute Gasteiger partial charge is 0.303 e. The van der Waals surface area contributed by atoms with Crippen LogP contribution >= 0.6 is 0 Å². The van der Waals surface area contributed by atoms with Gasteiger partial charge in [0.25, 0.3) is 0 Å². The molecule has 1 atom stereocenters. The summed E-state index contributed by atoms with van der Waals surface area (Å²) >= 11 is 0. The second-order valence-corrected chi connectivity index (χ2v) is 5.99. The van der Waals surface area contributed by atoms with Gasteiger partial charge in [-0.1, -0.05) is 19.1 Å². The lowest BCUT2D eigenvalue weighted by molar-refractivity contribution is -0.137. The number of para-hydroxylation sites is 1. The van der Waals surface area contributed by atoms with Crippen LogP contribution in [0.2, 0.25) is 0 Å². The zero-order chi connectivity index (χ0) is 14.5. The minimum absolute atomic E-state index is 0.0421. The molecule has 6 nitrogen and oxygen atoms in total. The molecule has 0 heterocycles. The molecule has 0 amide bonds. The maximum absolute atomic E-state index is 11.4. The Morgan fingerprint density at radius 1 is 1.42 bits per heavy atom. The number of hydrogen-bond acceptors (Lipinski definition) is 4. The molecule has 1 aromatic carbocycles. The molecule has 1 rings (SSSR count). The van der Waals surface area contributed by atoms with Crippen LogP contribution in [0.25, 0.3) is 0 Å². The van der Waals surface area contributed by atoms with Crippen molar-refractivity contribution in [1.29, 1.82) is 0 Å². The van der Waals surface area contributed by atoms with Gasteiger partial charge in [-0.3, -0.25) is 4.79 Å². The maximum atomic E-state index is 11.4. The number of aliphatic carboxylic acids is 1. The molecule has 1 aromatic rings. The number of nitrogens with one attached hydrogen (secondary N) is 1. The lowest BCUT2D eigenvalue weighted by Crippen LogP contribution is -2.18. The number of hydrogen-bond donors (Lipinski definition) is 3. The summed E-state index contributed by atoms with van der Waals surface area (Å²) in [6, 6.07) is 6.36. The summed E-state index contributed by atoms with van der Waals surface area (Å²) < 4.78 is 22.7. The number of sulfonamides is 1. The predicted molar refractivity (Wildman–Crippen MR) is 72.3 cm³/mol. The van der Waals surface area contributed by atoms with Gasteiger partial charge in [-0.2, -0.15) is 0 Å². The van der Waals surface area contributed by atoms with Crippen molar-refractivity contribution < 1.29 is 18.3 Å². The molecule has 0 radical (unpaired) electrons. The molecule has 0 aliphatic heterocycles. The van der Waals surface area contributed by atoms with E-state index in [-0.39, 0.29) is 17.2 Å². The first-order chi connectivity index (χ1) is 8.80. The van der Waals surface area contributed by atoms with Crippen LogP contribution in [0.15, 0.2) is 29.2 Å². The molecule has 7 heteroatoms. The first kappa shape index (κ1) is 15.5. The Morgan fingerprint density at radius 3 is 2.63 bits per heavy atom. The van der Waals surface area contributed by atoms with E-state index in [2.05, 4.69) is 5.32 Å². The molecule has 19 heavy (non-hydrogen) atoms. The number of benzene rings is 1. The van der Waals surface area contributed by atoms with Gasteiger partial charge in [0.2, 0.25) is 10.0 Å². The van der Waals surface area contributed by atoms with Crippen molar-refractivity contribution in [3.05, 3.63) is 24.3 Å². The molecule has 1 unspecified atom stereocenters. The van der Waals surface area contributed by atoms with Gasteiger partial charge in [0.1, 0.15) is 4.90 Å². The normalized spacial score (nSPS) is 12.9. The predicted octanol–water partition coefficient (Wildman–Crippen LogP) is 1.25. The van der Waals surface area contributed by atoms with Gasteiger partial charge < -0.3 is 10.4 Å². The van der Waals surface area contributed by atoms with Gasteiger partial charge in [0.05, 0.1) is 5.69 Å². The Morgan fingerprint density at radius 2 is 2.05 bits per heavy atom. The molecule has 0 bridgehead atoms. The summed E-state index contributed by atoms with van der Waals surface area (Å²) in [6.45, 7) is 2.38. The fraction of sp³-hybridized carbons (Fsp3) is 0.417. The van der Waals surface area contributed by atoms with Crippen LogP contribution < -0.4 is 10.5 Å². The van der Waals surface area contributed by atoms with Crippen LogP contribution in [0.3, 0.4) is 0 Å². The molecule has 0 saturated carbocycles. The van der Waals surface area contributed by atoms with Gasteiger partial charge in [0.15, 0.2) is 0 Å². The zero-order valence-corrected chi connectivity index (χ0v) is 11.5. The summed E-state index contributed by atoms with van der Waals surface area (Å²) in [5, 5.41) is 16.7. The van der Waals surface area contributed by atoms with Crippen molar-refractivity contribution in [3.63, 3.8) is 0 Å². The van der Waals surface area contributed by atoms with E-state index in [0.717, 1.165) is 0 Å². The molecule has 0 fully saturated rings. The van der Waals surface area contributed by atoms with E-state index in [1.807, 2.05) is 6.92 Å². The van der Waals surface area contributed by atoms with Gasteiger partial charge >= 0.3 is 5.97 Å². The van der Waals surface area contributed by atoms with E-state index in [1.165, 1.54) is 6.07 Å². The monoisotopic (exact) mass is 286 g/mol. The zero-order valence-electron chi connectivity index (χ0n) is 10.7. The van der Waals surface area contributed by atoms with Crippen LogP contribution in [-0.4, -0.2) is 26.0 Å². The summed E-state index contributed by atoms with van der Waals surface area (Å²) in [6.07, 6.45) is 0.625. The Kier molecular flexibility index (Phi) is 5.31. The van der Waals surface area contributed by atoms with Gasteiger partial charge in [0, 0.05) is 13.0 Å². The number of anilines is 1. The Balaban J connectivity index is 2.66. The number of carboxylic acids is 1. The van der Waals surface area contributed by atoms with Gasteiger partial charge in [-0.25, -0.2) is 13.6 Å². The lowest BCUT2D eigenvalue weighted by atomic mass is 10.1. The quantitative estimate of drug-likeness (QED) is 0.698. The van der Waals surface area contributed by atoms with E-state index in [4.69, 9.17) is 10.2 Å². The van der Waals surface area contributed by atoms with E-state index >= 15 is 0 Å². The Labute approximate surface area is 112 Å². The summed E-state index contributed by atoms with van der Waals surface area (Å²) in [5.74, 6) is -0.721. The highest BCUT2D eigenvalue weighted by molar-refractivity contribution is 7.89. The van der Waals surface area contributed by atoms with Crippen molar-refractivity contribution in [2.45, 2.75) is 24.7 Å². The Bertz CT molecular complexity index is 542. The molecular weight excluding hydrogens is 268 g/mol. The summed E-state index contributed by atoms with van der Waals surface area (Å²) in [5.41, 5.74) is 0.437. The van der Waals surface area contributed by atoms with Crippen LogP contribution in [0.1, 0.15) is 19.8 Å². The third-order valence-electron chi connectivity index (χ3n) is 2.69. The maximum Gasteiger partial charge on any atom is 0.303 e. The average molecular weight is 286 g/mol. The third kappa shape index (κ3) is 5.27. The van der Waals surface area contributed by atoms with Crippen LogP contribution in [0, 0.1) is 5.92 Å². The number of carbonyl (C=O) groups is 1. The van der Waals surface area contributed by atoms with E-state index in [0.29, 0.717) is 18.7 Å². The molecule has 0 aliphatic carbocycles. The number of carboxylic acid groups (broad SMARTS) is 1. The SMILES string of the molecule is CC(CCC(=O)O)CNc1ccccc1S(N)(=O)=O. The highest BCUT2D eigenvalue weighted by Gasteiger charge is 2.13. The van der Waals surface area contributed by atoms with Crippen molar-refractivity contribution in [3.8, 4) is 0 Å². The summed E-state index contributed by atoms with van der Waals surface area (Å²) in [4.78, 5) is 10.5. The van der Waals surface area contributed by atoms with Crippen LogP contribution in [0.5, 0.6) is 0 Å². The highest BCUT2D eigenvalue weighted by atomic mass is 32.2. The standard InChI is InChI=1S/C12H18N2O4S/c1-9(6-7-12(15)16)8-14-10-4-2-3-5-11(10)19(13,17)18/h2-5,9,14H,6-8H2,1H3,(H,15,16)(H2,13,17,18). The number of nitrogens with two attached hydrogens (primary N) is 1. The molecule has 4 N–H and O–H groups in total. The van der Waals surface area contributed by atoms with Crippen molar-refractivity contribution in [1.82, 2.24) is 0 Å². The largest absolute Gasteiger partial charge is 0.481 e. The molecule has 0 aromatic heterocycles. The fourth-order valence-corrected chi connectivity index (χ4v) is 2.33. The molecular formula is C12H18N2O4S. The highest BCUT2D eigenvalue weighted by Crippen LogP contribution is 2.20. The number of primary sulfonamides is 1. The van der Waals surface area contributed by atoms with Crippen molar-refractivity contribution in [2.24, 2.45) is 11.1 Å².